The number of nitrogens with one attached hydrogen (secondary N) is 1. The second-order valence-corrected chi connectivity index (χ2v) is 10.8. The lowest BCUT2D eigenvalue weighted by Crippen LogP contribution is -2.65. The minimum atomic E-state index is -0.955. The predicted molar refractivity (Wildman–Crippen MR) is 115 cm³/mol. The van der Waals surface area contributed by atoms with Crippen LogP contribution in [0, 0.1) is 24.2 Å². The zero-order chi connectivity index (χ0) is 21.2. The van der Waals surface area contributed by atoms with Gasteiger partial charge in [-0.1, -0.05) is 43.7 Å². The molecule has 5 nitrogen and oxygen atoms in total. The monoisotopic (exact) mass is 398 g/mol. The van der Waals surface area contributed by atoms with Gasteiger partial charge in [-0.15, -0.1) is 0 Å². The van der Waals surface area contributed by atoms with E-state index in [0.29, 0.717) is 18.3 Å². The third-order valence-electron chi connectivity index (χ3n) is 7.74. The van der Waals surface area contributed by atoms with Crippen molar-refractivity contribution in [2.45, 2.75) is 84.0 Å². The van der Waals surface area contributed by atoms with Gasteiger partial charge in [0.15, 0.2) is 0 Å². The van der Waals surface area contributed by atoms with Gasteiger partial charge in [-0.05, 0) is 69.8 Å². The SMILES string of the molecule is Cc1cccc(C[C@H](NC(=O)C(C)(C)N)B2O[C@@H]3C[C@@H]4C[C@@H](C4(C)C)[C@]3(C)O2)c1. The Morgan fingerprint density at radius 1 is 1.34 bits per heavy atom. The number of hydrogen-bond donors (Lipinski definition) is 2. The molecule has 1 saturated heterocycles. The summed E-state index contributed by atoms with van der Waals surface area (Å²) in [6.45, 7) is 12.4. The molecule has 3 aliphatic carbocycles. The normalized spacial score (nSPS) is 33.6. The van der Waals surface area contributed by atoms with E-state index >= 15 is 0 Å². The van der Waals surface area contributed by atoms with E-state index in [9.17, 15) is 4.79 Å². The van der Waals surface area contributed by atoms with Gasteiger partial charge in [-0.2, -0.15) is 0 Å². The maximum atomic E-state index is 12.7. The van der Waals surface area contributed by atoms with Crippen LogP contribution < -0.4 is 11.1 Å². The Morgan fingerprint density at radius 3 is 2.69 bits per heavy atom. The molecule has 4 fully saturated rings. The topological polar surface area (TPSA) is 73.6 Å². The summed E-state index contributed by atoms with van der Waals surface area (Å²) in [6.07, 6.45) is 2.98. The van der Waals surface area contributed by atoms with E-state index < -0.39 is 12.7 Å². The van der Waals surface area contributed by atoms with Gasteiger partial charge in [0.05, 0.1) is 23.2 Å². The quantitative estimate of drug-likeness (QED) is 0.748. The number of benzene rings is 1. The molecule has 3 saturated carbocycles. The van der Waals surface area contributed by atoms with Crippen molar-refractivity contribution < 1.29 is 14.1 Å². The second-order valence-electron chi connectivity index (χ2n) is 10.8. The third-order valence-corrected chi connectivity index (χ3v) is 7.74. The van der Waals surface area contributed by atoms with Crippen molar-refractivity contribution in [3.05, 3.63) is 35.4 Å². The fourth-order valence-corrected chi connectivity index (χ4v) is 5.73. The summed E-state index contributed by atoms with van der Waals surface area (Å²) >= 11 is 0. The summed E-state index contributed by atoms with van der Waals surface area (Å²) in [5.74, 6) is 0.715. The van der Waals surface area contributed by atoms with Gasteiger partial charge in [-0.3, -0.25) is 4.79 Å². The van der Waals surface area contributed by atoms with Gasteiger partial charge in [0.2, 0.25) is 5.91 Å². The van der Waals surface area contributed by atoms with Crippen LogP contribution in [-0.4, -0.2) is 36.2 Å². The summed E-state index contributed by atoms with van der Waals surface area (Å²) < 4.78 is 13.1. The van der Waals surface area contributed by atoms with Crippen molar-refractivity contribution in [1.29, 1.82) is 0 Å². The highest BCUT2D eigenvalue weighted by molar-refractivity contribution is 6.48. The van der Waals surface area contributed by atoms with Crippen molar-refractivity contribution >= 4 is 13.0 Å². The average Bonchev–Trinajstić information content (AvgIpc) is 2.97. The van der Waals surface area contributed by atoms with Gasteiger partial charge in [-0.25, -0.2) is 0 Å². The molecule has 1 amide bonds. The van der Waals surface area contributed by atoms with Gasteiger partial charge >= 0.3 is 7.12 Å². The molecule has 1 heterocycles. The first-order chi connectivity index (χ1) is 13.4. The van der Waals surface area contributed by atoms with Crippen LogP contribution in [0.4, 0.5) is 0 Å². The van der Waals surface area contributed by atoms with E-state index in [1.807, 2.05) is 6.07 Å². The first-order valence-electron chi connectivity index (χ1n) is 10.9. The second kappa shape index (κ2) is 6.83. The van der Waals surface area contributed by atoms with Gasteiger partial charge in [0, 0.05) is 0 Å². The summed E-state index contributed by atoms with van der Waals surface area (Å²) in [5.41, 5.74) is 7.45. The Morgan fingerprint density at radius 2 is 2.07 bits per heavy atom. The van der Waals surface area contributed by atoms with Crippen molar-refractivity contribution in [3.8, 4) is 0 Å². The Bertz CT molecular complexity index is 806. The summed E-state index contributed by atoms with van der Waals surface area (Å²) in [7, 11) is -0.466. The van der Waals surface area contributed by atoms with Gasteiger partial charge in [0.1, 0.15) is 0 Å². The molecule has 158 valence electrons. The summed E-state index contributed by atoms with van der Waals surface area (Å²) in [6, 6.07) is 8.36. The number of carbonyl (C=O) groups is 1. The number of aryl methyl sites for hydroxylation is 1. The highest BCUT2D eigenvalue weighted by Gasteiger charge is 2.68. The summed E-state index contributed by atoms with van der Waals surface area (Å²) in [5, 5.41) is 3.13. The maximum absolute atomic E-state index is 12.7. The largest absolute Gasteiger partial charge is 0.482 e. The molecule has 0 unspecified atom stereocenters. The molecule has 0 radical (unpaired) electrons. The number of hydrogen-bond acceptors (Lipinski definition) is 4. The number of nitrogens with two attached hydrogens (primary N) is 1. The molecule has 2 bridgehead atoms. The number of amides is 1. The van der Waals surface area contributed by atoms with Crippen molar-refractivity contribution in [1.82, 2.24) is 5.32 Å². The third kappa shape index (κ3) is 3.53. The van der Waals surface area contributed by atoms with E-state index in [1.165, 1.54) is 12.0 Å². The fourth-order valence-electron chi connectivity index (χ4n) is 5.73. The first kappa shape index (κ1) is 20.9. The van der Waals surface area contributed by atoms with Crippen molar-refractivity contribution in [2.75, 3.05) is 0 Å². The van der Waals surface area contributed by atoms with Crippen LogP contribution in [0.5, 0.6) is 0 Å². The minimum Gasteiger partial charge on any atom is -0.404 e. The van der Waals surface area contributed by atoms with E-state index in [2.05, 4.69) is 51.2 Å². The molecule has 1 aromatic carbocycles. The van der Waals surface area contributed by atoms with Crippen molar-refractivity contribution in [3.63, 3.8) is 0 Å². The van der Waals surface area contributed by atoms with Crippen LogP contribution >= 0.6 is 0 Å². The van der Waals surface area contributed by atoms with Crippen LogP contribution in [0.15, 0.2) is 24.3 Å². The molecule has 1 aromatic rings. The minimum absolute atomic E-state index is 0.0899. The Balaban J connectivity index is 1.57. The Labute approximate surface area is 175 Å². The summed E-state index contributed by atoms with van der Waals surface area (Å²) in [4.78, 5) is 12.7. The molecular weight excluding hydrogens is 363 g/mol. The van der Waals surface area contributed by atoms with E-state index in [4.69, 9.17) is 15.0 Å². The lowest BCUT2D eigenvalue weighted by molar-refractivity contribution is -0.199. The molecule has 0 spiro atoms. The van der Waals surface area contributed by atoms with Crippen LogP contribution in [0.25, 0.3) is 0 Å². The van der Waals surface area contributed by atoms with Gasteiger partial charge in [0.25, 0.3) is 0 Å². The highest BCUT2D eigenvalue weighted by atomic mass is 16.7. The highest BCUT2D eigenvalue weighted by Crippen LogP contribution is 2.65. The molecule has 29 heavy (non-hydrogen) atoms. The van der Waals surface area contributed by atoms with Crippen LogP contribution in [0.2, 0.25) is 0 Å². The smallest absolute Gasteiger partial charge is 0.404 e. The van der Waals surface area contributed by atoms with Crippen molar-refractivity contribution in [2.24, 2.45) is 23.0 Å². The van der Waals surface area contributed by atoms with Crippen LogP contribution in [0.1, 0.15) is 58.6 Å². The molecule has 5 atom stereocenters. The molecule has 4 aliphatic rings. The lowest BCUT2D eigenvalue weighted by Gasteiger charge is -2.64. The number of rotatable bonds is 5. The van der Waals surface area contributed by atoms with E-state index in [1.54, 1.807) is 13.8 Å². The van der Waals surface area contributed by atoms with Crippen LogP contribution in [-0.2, 0) is 20.5 Å². The Hall–Kier alpha value is -1.37. The predicted octanol–water partition coefficient (Wildman–Crippen LogP) is 3.03. The lowest BCUT2D eigenvalue weighted by atomic mass is 9.43. The molecule has 1 aliphatic heterocycles. The van der Waals surface area contributed by atoms with Crippen LogP contribution in [0.3, 0.4) is 0 Å². The average molecular weight is 398 g/mol. The fraction of sp³-hybridized carbons (Fsp3) is 0.696. The molecule has 0 aromatic heterocycles. The van der Waals surface area contributed by atoms with E-state index in [0.717, 1.165) is 12.0 Å². The molecule has 6 heteroatoms. The standard InChI is InChI=1S/C23H35BN2O3/c1-14-8-7-9-15(10-14)11-19(26-20(27)22(4,5)25)24-28-18-13-16-12-17(21(16,2)3)23(18,6)29-24/h7-10,16-19H,11-13,25H2,1-6H3,(H,26,27)/t16-,17-,18+,19-,23-/m0/s1. The van der Waals surface area contributed by atoms with E-state index in [-0.39, 0.29) is 29.0 Å². The maximum Gasteiger partial charge on any atom is 0.482 e. The molecule has 3 N–H and O–H groups in total. The Kier molecular flexibility index (Phi) is 4.92. The first-order valence-corrected chi connectivity index (χ1v) is 10.9. The number of carbonyl (C=O) groups excluding carboxylic acids is 1. The van der Waals surface area contributed by atoms with Gasteiger partial charge < -0.3 is 20.4 Å². The molecule has 5 rings (SSSR count). The zero-order valence-corrected chi connectivity index (χ0v) is 18.6. The zero-order valence-electron chi connectivity index (χ0n) is 18.6. The molecular formula is C23H35BN2O3.